The molecule has 4 aromatic rings. The smallest absolute Gasteiger partial charge is 0.307 e. The number of aliphatic hydroxyl groups is 4. The second-order valence-electron chi connectivity index (χ2n) is 11.1. The number of aliphatic carboxylic acids is 4. The van der Waals surface area contributed by atoms with Crippen molar-refractivity contribution in [3.05, 3.63) is 119 Å². The first-order valence-corrected chi connectivity index (χ1v) is 17.2. The summed E-state index contributed by atoms with van der Waals surface area (Å²) in [4.78, 5) is 44.2. The first kappa shape index (κ1) is 49.0. The van der Waals surface area contributed by atoms with Crippen LogP contribution in [0.1, 0.15) is 22.3 Å². The molecular weight excluding hydrogens is 765 g/mol. The molecule has 0 saturated heterocycles. The summed E-state index contributed by atoms with van der Waals surface area (Å²) in [6.45, 7) is -1.62. The van der Waals surface area contributed by atoms with Crippen LogP contribution in [0.15, 0.2) is 117 Å². The number of hydrogen-bond acceptors (Lipinski definition) is 12. The molecule has 0 aliphatic rings. The fourth-order valence-electron chi connectivity index (χ4n) is 3.66. The van der Waals surface area contributed by atoms with Gasteiger partial charge in [0, 0.05) is 19.6 Å². The fourth-order valence-corrected chi connectivity index (χ4v) is 4.67. The van der Waals surface area contributed by atoms with E-state index in [9.17, 15) is 19.2 Å². The van der Waals surface area contributed by atoms with E-state index in [1.54, 1.807) is 72.8 Å². The molecule has 0 bridgehead atoms. The fraction of sp³-hybridized carbons (Fsp3) is 0.243. The Morgan fingerprint density at radius 1 is 0.396 bits per heavy atom. The van der Waals surface area contributed by atoms with Crippen molar-refractivity contribution >= 4 is 74.4 Å². The Morgan fingerprint density at radius 3 is 0.698 bits per heavy atom. The summed E-state index contributed by atoms with van der Waals surface area (Å²) in [5.41, 5.74) is 2.02. The Kier molecular flexibility index (Phi) is 25.5. The summed E-state index contributed by atoms with van der Waals surface area (Å²) in [5.74, 6) is -3.26. The second kappa shape index (κ2) is 27.6. The molecule has 0 saturated carbocycles. The number of benzene rings is 4. The first-order valence-electron chi connectivity index (χ1n) is 15.4. The molecule has 53 heavy (non-hydrogen) atoms. The third kappa shape index (κ3) is 24.8. The minimum absolute atomic E-state index is 0.0639. The highest BCUT2D eigenvalue weighted by atomic mass is 32.1. The van der Waals surface area contributed by atoms with Gasteiger partial charge in [0.25, 0.3) is 0 Å². The van der Waals surface area contributed by atoms with Crippen LogP contribution in [-0.2, 0) is 44.9 Å². The topological polar surface area (TPSA) is 230 Å². The molecule has 0 aliphatic heterocycles. The van der Waals surface area contributed by atoms with Crippen LogP contribution < -0.4 is 0 Å². The third-order valence-corrected chi connectivity index (χ3v) is 7.52. The van der Waals surface area contributed by atoms with Crippen LogP contribution in [0, 0.1) is 5.41 Å². The van der Waals surface area contributed by atoms with E-state index >= 15 is 0 Å². The number of carboxylic acids is 4. The number of thiol groups is 4. The van der Waals surface area contributed by atoms with Crippen LogP contribution >= 0.6 is 50.5 Å². The molecule has 4 aromatic carbocycles. The van der Waals surface area contributed by atoms with Gasteiger partial charge in [-0.3, -0.25) is 19.2 Å². The number of carboxylic acid groups (broad SMARTS) is 4. The molecule has 0 aliphatic carbocycles. The molecule has 0 unspecified atom stereocenters. The van der Waals surface area contributed by atoms with Gasteiger partial charge >= 0.3 is 23.9 Å². The number of aliphatic hydroxyl groups excluding tert-OH is 4. The van der Waals surface area contributed by atoms with Gasteiger partial charge in [0.1, 0.15) is 0 Å². The van der Waals surface area contributed by atoms with Gasteiger partial charge in [0.15, 0.2) is 0 Å². The summed E-state index contributed by atoms with van der Waals surface area (Å²) >= 11 is 16.3. The van der Waals surface area contributed by atoms with Crippen LogP contribution in [0.25, 0.3) is 0 Å². The van der Waals surface area contributed by atoms with E-state index in [0.29, 0.717) is 0 Å². The van der Waals surface area contributed by atoms with Gasteiger partial charge in [-0.15, -0.1) is 50.5 Å². The highest BCUT2D eigenvalue weighted by Gasteiger charge is 2.26. The molecule has 0 spiro atoms. The summed E-state index contributed by atoms with van der Waals surface area (Å²) in [7, 11) is 0. The van der Waals surface area contributed by atoms with Crippen LogP contribution in [0.4, 0.5) is 0 Å². The summed E-state index contributed by atoms with van der Waals surface area (Å²) in [6, 6.07) is 28.5. The number of carbonyl (C=O) groups is 4. The van der Waals surface area contributed by atoms with E-state index in [4.69, 9.17) is 40.9 Å². The van der Waals surface area contributed by atoms with Gasteiger partial charge in [-0.1, -0.05) is 48.5 Å². The summed E-state index contributed by atoms with van der Waals surface area (Å²) in [6.07, 6.45) is 0.256. The Hall–Kier alpha value is -4.00. The minimum atomic E-state index is -1.11. The van der Waals surface area contributed by atoms with Crippen molar-refractivity contribution in [1.82, 2.24) is 0 Å². The molecular formula is C37H44O12S4. The van der Waals surface area contributed by atoms with Crippen LogP contribution in [0.5, 0.6) is 0 Å². The maximum atomic E-state index is 10.3. The van der Waals surface area contributed by atoms with E-state index in [-0.39, 0.29) is 25.7 Å². The summed E-state index contributed by atoms with van der Waals surface area (Å²) in [5, 5.41) is 67.7. The summed E-state index contributed by atoms with van der Waals surface area (Å²) < 4.78 is 0. The van der Waals surface area contributed by atoms with Gasteiger partial charge in [0.05, 0.1) is 57.5 Å². The predicted octanol–water partition coefficient (Wildman–Crippen LogP) is 4.35. The van der Waals surface area contributed by atoms with Gasteiger partial charge in [-0.25, -0.2) is 0 Å². The molecule has 12 nitrogen and oxygen atoms in total. The second-order valence-corrected chi connectivity index (χ2v) is 13.2. The zero-order valence-electron chi connectivity index (χ0n) is 28.4. The Bertz CT molecular complexity index is 1470. The highest BCUT2D eigenvalue weighted by molar-refractivity contribution is 7.80. The molecule has 0 amide bonds. The van der Waals surface area contributed by atoms with Crippen molar-refractivity contribution in [2.75, 3.05) is 26.4 Å². The van der Waals surface area contributed by atoms with Crippen molar-refractivity contribution in [2.45, 2.75) is 45.3 Å². The lowest BCUT2D eigenvalue weighted by Gasteiger charge is -2.23. The van der Waals surface area contributed by atoms with Crippen molar-refractivity contribution in [3.63, 3.8) is 0 Å². The lowest BCUT2D eigenvalue weighted by atomic mass is 9.93. The molecule has 288 valence electrons. The highest BCUT2D eigenvalue weighted by Crippen LogP contribution is 2.13. The molecule has 0 radical (unpaired) electrons. The largest absolute Gasteiger partial charge is 0.481 e. The molecule has 16 heteroatoms. The average Bonchev–Trinajstić information content (AvgIpc) is 3.06. The maximum Gasteiger partial charge on any atom is 0.307 e. The van der Waals surface area contributed by atoms with Gasteiger partial charge in [-0.05, 0) is 70.8 Å². The van der Waals surface area contributed by atoms with Crippen LogP contribution in [0.2, 0.25) is 0 Å². The third-order valence-electron chi connectivity index (χ3n) is 6.41. The maximum absolute atomic E-state index is 10.3. The van der Waals surface area contributed by atoms with Crippen molar-refractivity contribution < 1.29 is 60.0 Å². The monoisotopic (exact) mass is 808 g/mol. The van der Waals surface area contributed by atoms with E-state index in [1.807, 2.05) is 24.3 Å². The van der Waals surface area contributed by atoms with Gasteiger partial charge in [0.2, 0.25) is 0 Å². The van der Waals surface area contributed by atoms with Gasteiger partial charge < -0.3 is 40.9 Å². The van der Waals surface area contributed by atoms with E-state index in [0.717, 1.165) is 41.8 Å². The molecule has 8 N–H and O–H groups in total. The molecule has 0 atom stereocenters. The lowest BCUT2D eigenvalue weighted by molar-refractivity contribution is -0.137. The minimum Gasteiger partial charge on any atom is -0.481 e. The first-order chi connectivity index (χ1) is 25.0. The SMILES string of the molecule is O=C(O)Cc1cccc(S)c1.O=C(O)Cc1cccc(S)c1.O=C(O)Cc1cccc(S)c1.O=C(O)Cc1cccc(S)c1.OCC(CO)(CO)CO. The standard InChI is InChI=1S/4C8H8O2S.C5H12O4/c4*9-8(10)5-6-2-1-3-7(11)4-6;6-1-5(2-7,3-8)4-9/h4*1-4,11H,5H2,(H,9,10);6-9H,1-4H2. The number of rotatable bonds is 12. The lowest BCUT2D eigenvalue weighted by Crippen LogP contribution is -2.37. The van der Waals surface area contributed by atoms with Crippen molar-refractivity contribution in [1.29, 1.82) is 0 Å². The number of hydrogen-bond donors (Lipinski definition) is 12. The molecule has 4 rings (SSSR count). The zero-order chi connectivity index (χ0) is 40.4. The zero-order valence-corrected chi connectivity index (χ0v) is 32.0. The van der Waals surface area contributed by atoms with Gasteiger partial charge in [-0.2, -0.15) is 0 Å². The van der Waals surface area contributed by atoms with E-state index in [1.165, 1.54) is 0 Å². The Balaban J connectivity index is 0.000000639. The van der Waals surface area contributed by atoms with Crippen molar-refractivity contribution in [2.24, 2.45) is 5.41 Å². The van der Waals surface area contributed by atoms with Crippen LogP contribution in [0.3, 0.4) is 0 Å². The molecule has 0 aromatic heterocycles. The van der Waals surface area contributed by atoms with E-state index < -0.39 is 55.7 Å². The Labute approximate surface area is 329 Å². The van der Waals surface area contributed by atoms with E-state index in [2.05, 4.69) is 50.5 Å². The van der Waals surface area contributed by atoms with Crippen LogP contribution in [-0.4, -0.2) is 91.2 Å². The quantitative estimate of drug-likeness (QED) is 0.0897. The molecule has 0 heterocycles. The normalized spacial score (nSPS) is 9.96. The predicted molar refractivity (Wildman–Crippen MR) is 211 cm³/mol. The molecule has 0 fully saturated rings. The Morgan fingerprint density at radius 2 is 0.585 bits per heavy atom. The van der Waals surface area contributed by atoms with Crippen molar-refractivity contribution in [3.8, 4) is 0 Å². The average molecular weight is 809 g/mol.